The van der Waals surface area contributed by atoms with Crippen molar-refractivity contribution < 1.29 is 18.7 Å². The van der Waals surface area contributed by atoms with E-state index in [1.54, 1.807) is 11.0 Å². The summed E-state index contributed by atoms with van der Waals surface area (Å²) in [5.74, 6) is 1.07. The lowest BCUT2D eigenvalue weighted by Gasteiger charge is -2.28. The first-order chi connectivity index (χ1) is 14.6. The van der Waals surface area contributed by atoms with Gasteiger partial charge in [-0.15, -0.1) is 0 Å². The van der Waals surface area contributed by atoms with E-state index in [2.05, 4.69) is 4.90 Å². The maximum Gasteiger partial charge on any atom is 0.231 e. The highest BCUT2D eigenvalue weighted by atomic mass is 35.5. The molecule has 0 bridgehead atoms. The van der Waals surface area contributed by atoms with Gasteiger partial charge < -0.3 is 19.3 Å². The molecule has 1 fully saturated rings. The van der Waals surface area contributed by atoms with Gasteiger partial charge in [0.15, 0.2) is 11.5 Å². The Labute approximate surface area is 181 Å². The van der Waals surface area contributed by atoms with E-state index in [-0.39, 0.29) is 18.5 Å². The summed E-state index contributed by atoms with van der Waals surface area (Å²) in [6, 6.07) is 10.00. The van der Waals surface area contributed by atoms with Crippen molar-refractivity contribution in [2.75, 3.05) is 26.4 Å². The highest BCUT2D eigenvalue weighted by Gasteiger charge is 2.20. The molecule has 0 saturated carbocycles. The molecular weight excluding hydrogens is 407 g/mol. The first-order valence-corrected chi connectivity index (χ1v) is 10.8. The smallest absolute Gasteiger partial charge is 0.231 e. The summed E-state index contributed by atoms with van der Waals surface area (Å²) in [5, 5.41) is 0.328. The Hall–Kier alpha value is -2.31. The summed E-state index contributed by atoms with van der Waals surface area (Å²) in [6.45, 7) is 3.82. The topological polar surface area (TPSA) is 42.0 Å². The second kappa shape index (κ2) is 9.67. The van der Waals surface area contributed by atoms with Gasteiger partial charge in [0, 0.05) is 31.1 Å². The molecule has 2 aliphatic rings. The number of fused-ring (bicyclic) bond motifs is 1. The predicted octanol–water partition coefficient (Wildman–Crippen LogP) is 4.61. The van der Waals surface area contributed by atoms with Crippen LogP contribution in [-0.2, 0) is 17.9 Å². The van der Waals surface area contributed by atoms with Crippen molar-refractivity contribution in [2.45, 2.75) is 38.8 Å². The number of likely N-dealkylation sites (tertiary alicyclic amines) is 1. The zero-order valence-corrected chi connectivity index (χ0v) is 17.7. The van der Waals surface area contributed by atoms with E-state index < -0.39 is 0 Å². The number of carbonyl (C=O) groups is 1. The first-order valence-electron chi connectivity index (χ1n) is 10.4. The van der Waals surface area contributed by atoms with Crippen molar-refractivity contribution in [1.82, 2.24) is 9.80 Å². The van der Waals surface area contributed by atoms with Gasteiger partial charge >= 0.3 is 0 Å². The number of nitrogens with zero attached hydrogens (tertiary/aromatic N) is 2. The molecule has 1 saturated heterocycles. The van der Waals surface area contributed by atoms with Gasteiger partial charge in [0.25, 0.3) is 0 Å². The van der Waals surface area contributed by atoms with Crippen molar-refractivity contribution in [3.8, 4) is 11.5 Å². The molecule has 4 rings (SSSR count). The minimum absolute atomic E-state index is 0.0543. The number of carbonyl (C=O) groups excluding carboxylic acids is 1. The van der Waals surface area contributed by atoms with Crippen LogP contribution in [0.3, 0.4) is 0 Å². The normalized spacial score (nSPS) is 15.9. The van der Waals surface area contributed by atoms with E-state index >= 15 is 0 Å². The Morgan fingerprint density at radius 2 is 1.83 bits per heavy atom. The van der Waals surface area contributed by atoms with Crippen LogP contribution in [0, 0.1) is 5.82 Å². The van der Waals surface area contributed by atoms with Crippen LogP contribution in [0.25, 0.3) is 0 Å². The highest BCUT2D eigenvalue weighted by Crippen LogP contribution is 2.33. The summed E-state index contributed by atoms with van der Waals surface area (Å²) in [4.78, 5) is 17.3. The van der Waals surface area contributed by atoms with E-state index in [1.165, 1.54) is 31.4 Å². The first kappa shape index (κ1) is 20.9. The molecule has 0 unspecified atom stereocenters. The van der Waals surface area contributed by atoms with Crippen molar-refractivity contribution in [1.29, 1.82) is 0 Å². The van der Waals surface area contributed by atoms with Crippen LogP contribution in [0.2, 0.25) is 5.02 Å². The number of ether oxygens (including phenoxy) is 2. The lowest BCUT2D eigenvalue weighted by molar-refractivity contribution is -0.132. The largest absolute Gasteiger partial charge is 0.454 e. The number of benzene rings is 2. The lowest BCUT2D eigenvalue weighted by atomic mass is 10.1. The maximum atomic E-state index is 13.4. The van der Waals surface area contributed by atoms with E-state index in [0.717, 1.165) is 30.8 Å². The van der Waals surface area contributed by atoms with Gasteiger partial charge in [-0.25, -0.2) is 4.39 Å². The third-order valence-electron chi connectivity index (χ3n) is 5.63. The number of amides is 1. The molecule has 2 aromatic carbocycles. The van der Waals surface area contributed by atoms with Gasteiger partial charge in [-0.3, -0.25) is 4.79 Å². The Morgan fingerprint density at radius 3 is 2.63 bits per heavy atom. The molecule has 0 atom stereocenters. The molecule has 0 spiro atoms. The SMILES string of the molecule is O=C(CCN1CCCCC1)N(Cc1ccc2c(c1)OCO2)Cc1ccc(F)cc1Cl. The van der Waals surface area contributed by atoms with Gasteiger partial charge in [-0.2, -0.15) is 0 Å². The van der Waals surface area contributed by atoms with Crippen LogP contribution in [0.5, 0.6) is 11.5 Å². The third kappa shape index (κ3) is 5.24. The molecule has 0 aliphatic carbocycles. The average Bonchev–Trinajstić information content (AvgIpc) is 3.22. The van der Waals surface area contributed by atoms with E-state index in [9.17, 15) is 9.18 Å². The molecule has 160 valence electrons. The van der Waals surface area contributed by atoms with Crippen molar-refractivity contribution in [3.05, 3.63) is 58.4 Å². The molecule has 2 heterocycles. The van der Waals surface area contributed by atoms with Crippen LogP contribution in [0.15, 0.2) is 36.4 Å². The third-order valence-corrected chi connectivity index (χ3v) is 5.98. The van der Waals surface area contributed by atoms with Gasteiger partial charge in [0.2, 0.25) is 12.7 Å². The summed E-state index contributed by atoms with van der Waals surface area (Å²) in [5.41, 5.74) is 1.67. The molecule has 7 heteroatoms. The lowest BCUT2D eigenvalue weighted by Crippen LogP contribution is -2.36. The molecule has 0 radical (unpaired) electrons. The van der Waals surface area contributed by atoms with Gasteiger partial charge in [-0.05, 0) is 61.3 Å². The Balaban J connectivity index is 1.48. The zero-order chi connectivity index (χ0) is 20.9. The van der Waals surface area contributed by atoms with Crippen molar-refractivity contribution in [3.63, 3.8) is 0 Å². The fraction of sp³-hybridized carbons (Fsp3) is 0.435. The fourth-order valence-corrected chi connectivity index (χ4v) is 4.17. The molecule has 2 aromatic rings. The molecule has 5 nitrogen and oxygen atoms in total. The molecule has 30 heavy (non-hydrogen) atoms. The van der Waals surface area contributed by atoms with E-state index in [1.807, 2.05) is 18.2 Å². The van der Waals surface area contributed by atoms with Gasteiger partial charge in [0.05, 0.1) is 0 Å². The minimum Gasteiger partial charge on any atom is -0.454 e. The van der Waals surface area contributed by atoms with Crippen LogP contribution in [-0.4, -0.2) is 42.1 Å². The Morgan fingerprint density at radius 1 is 1.03 bits per heavy atom. The van der Waals surface area contributed by atoms with Gasteiger partial charge in [0.1, 0.15) is 5.82 Å². The quantitative estimate of drug-likeness (QED) is 0.640. The van der Waals surface area contributed by atoms with E-state index in [4.69, 9.17) is 21.1 Å². The summed E-state index contributed by atoms with van der Waals surface area (Å²) in [7, 11) is 0. The number of hydrogen-bond donors (Lipinski definition) is 0. The summed E-state index contributed by atoms with van der Waals surface area (Å²) >= 11 is 6.23. The molecule has 0 N–H and O–H groups in total. The molecule has 0 aromatic heterocycles. The number of piperidine rings is 1. The molecular formula is C23H26ClFN2O3. The zero-order valence-electron chi connectivity index (χ0n) is 16.9. The second-order valence-electron chi connectivity index (χ2n) is 7.83. The fourth-order valence-electron chi connectivity index (χ4n) is 3.94. The average molecular weight is 433 g/mol. The second-order valence-corrected chi connectivity index (χ2v) is 8.23. The number of hydrogen-bond acceptors (Lipinski definition) is 4. The summed E-state index contributed by atoms with van der Waals surface area (Å²) in [6.07, 6.45) is 4.10. The predicted molar refractivity (Wildman–Crippen MR) is 113 cm³/mol. The van der Waals surface area contributed by atoms with Crippen LogP contribution < -0.4 is 9.47 Å². The molecule has 2 aliphatic heterocycles. The Kier molecular flexibility index (Phi) is 6.75. The Bertz CT molecular complexity index is 902. The monoisotopic (exact) mass is 432 g/mol. The van der Waals surface area contributed by atoms with E-state index in [0.29, 0.717) is 36.0 Å². The number of rotatable bonds is 7. The standard InChI is InChI=1S/C23H26ClFN2O3/c24-20-13-19(25)6-5-18(20)15-27(23(28)8-11-26-9-2-1-3-10-26)14-17-4-7-21-22(12-17)30-16-29-21/h4-7,12-13H,1-3,8-11,14-16H2. The van der Waals surface area contributed by atoms with Crippen LogP contribution in [0.4, 0.5) is 4.39 Å². The van der Waals surface area contributed by atoms with Crippen molar-refractivity contribution >= 4 is 17.5 Å². The number of halogens is 2. The maximum absolute atomic E-state index is 13.4. The minimum atomic E-state index is -0.387. The highest BCUT2D eigenvalue weighted by molar-refractivity contribution is 6.31. The van der Waals surface area contributed by atoms with Gasteiger partial charge in [-0.1, -0.05) is 30.2 Å². The van der Waals surface area contributed by atoms with Crippen molar-refractivity contribution in [2.24, 2.45) is 0 Å². The van der Waals surface area contributed by atoms with Crippen LogP contribution in [0.1, 0.15) is 36.8 Å². The summed E-state index contributed by atoms with van der Waals surface area (Å²) < 4.78 is 24.3. The van der Waals surface area contributed by atoms with Crippen LogP contribution >= 0.6 is 11.6 Å². The molecule has 1 amide bonds.